The zero-order valence-corrected chi connectivity index (χ0v) is 3.55. The van der Waals surface area contributed by atoms with E-state index >= 15 is 0 Å². The van der Waals surface area contributed by atoms with E-state index in [1.54, 1.807) is 0 Å². The van der Waals surface area contributed by atoms with E-state index in [2.05, 4.69) is 0 Å². The average Bonchev–Trinajstić information content (AvgIpc) is 0.811. The Morgan fingerprint density at radius 3 is 1.29 bits per heavy atom. The van der Waals surface area contributed by atoms with E-state index in [0.717, 1.165) is 0 Å². The molecule has 0 amide bonds. The summed E-state index contributed by atoms with van der Waals surface area (Å²) in [7, 11) is 0. The van der Waals surface area contributed by atoms with Crippen LogP contribution in [0.2, 0.25) is 0 Å². The van der Waals surface area contributed by atoms with E-state index in [1.807, 2.05) is 0 Å². The molecule has 0 aliphatic carbocycles. The van der Waals surface area contributed by atoms with Crippen molar-refractivity contribution in [2.75, 3.05) is 0 Å². The second-order valence-electron chi connectivity index (χ2n) is 0.283. The normalized spacial score (nSPS) is 3.43. The average molecular weight is 168 g/mol. The van der Waals surface area contributed by atoms with Crippen molar-refractivity contribution in [1.29, 1.82) is 0 Å². The van der Waals surface area contributed by atoms with Gasteiger partial charge in [0.2, 0.25) is 0 Å². The Hall–Kier alpha value is 0.749. The van der Waals surface area contributed by atoms with Gasteiger partial charge in [0.05, 0.1) is 0 Å². The number of carbonyl (C=O) groups is 1. The molecular weight excluding hydrogens is 163 g/mol. The summed E-state index contributed by atoms with van der Waals surface area (Å²) < 4.78 is 0. The van der Waals surface area contributed by atoms with E-state index in [9.17, 15) is 0 Å². The first-order valence-electron chi connectivity index (χ1n) is 0.651. The Labute approximate surface area is 73.0 Å². The summed E-state index contributed by atoms with van der Waals surface area (Å²) in [5, 5.41) is 13.9. The van der Waals surface area contributed by atoms with Crippen LogP contribution in [-0.2, 0) is 17.1 Å². The summed E-state index contributed by atoms with van der Waals surface area (Å²) in [6.45, 7) is 0. The molecule has 7 heavy (non-hydrogen) atoms. The molecule has 0 fully saturated rings. The fraction of sp³-hybridized carbons (Fsp3) is 0. The zero-order chi connectivity index (χ0) is 3.58. The molecule has 45 valence electrons. The van der Waals surface area contributed by atoms with Crippen LogP contribution in [0.3, 0.4) is 0 Å². The topological polar surface area (TPSA) is 89.0 Å². The second-order valence-corrected chi connectivity index (χ2v) is 0.283. The van der Waals surface area contributed by atoms with Crippen LogP contribution in [0.1, 0.15) is 0 Å². The van der Waals surface area contributed by atoms with Gasteiger partial charge in [-0.3, -0.25) is 0 Å². The summed E-state index contributed by atoms with van der Waals surface area (Å²) in [4.78, 5) is 8.56. The molecule has 0 aliphatic heterocycles. The van der Waals surface area contributed by atoms with Crippen molar-refractivity contribution in [3.05, 3.63) is 0 Å². The minimum atomic E-state index is -1.83. The fourth-order valence-electron chi connectivity index (χ4n) is 0. The van der Waals surface area contributed by atoms with Crippen molar-refractivity contribution in [1.82, 2.24) is 0 Å². The number of hydrogen-bond donors (Lipinski definition) is 2. The molecule has 0 aromatic rings. The molecule has 0 unspecified atom stereocenters. The molecule has 0 aliphatic rings. The monoisotopic (exact) mass is 167 g/mol. The molecule has 0 aromatic carbocycles. The number of rotatable bonds is 0. The third kappa shape index (κ3) is 271. The van der Waals surface area contributed by atoms with E-state index < -0.39 is 6.16 Å². The molecular formula is CH5CuNaO4. The summed E-state index contributed by atoms with van der Waals surface area (Å²) in [5.41, 5.74) is 0. The molecule has 1 radical (unpaired) electrons. The van der Waals surface area contributed by atoms with Gasteiger partial charge in [-0.15, -0.1) is 0 Å². The predicted molar refractivity (Wildman–Crippen MR) is 21.4 cm³/mol. The molecule has 0 rings (SSSR count). The van der Waals surface area contributed by atoms with Crippen LogP contribution in [0.15, 0.2) is 0 Å². The zero-order valence-electron chi connectivity index (χ0n) is 2.60. The SMILES string of the molecule is O.O=C(O)O.[Cu].[NaH]. The first-order valence-corrected chi connectivity index (χ1v) is 0.651. The predicted octanol–water partition coefficient (Wildman–Crippen LogP) is -1.25. The molecule has 0 bridgehead atoms. The van der Waals surface area contributed by atoms with Crippen LogP contribution >= 0.6 is 0 Å². The first kappa shape index (κ1) is 25.1. The molecule has 0 saturated carbocycles. The van der Waals surface area contributed by atoms with Crippen LogP contribution < -0.4 is 0 Å². The van der Waals surface area contributed by atoms with Crippen molar-refractivity contribution < 1.29 is 37.6 Å². The fourth-order valence-corrected chi connectivity index (χ4v) is 0. The molecule has 6 heteroatoms. The van der Waals surface area contributed by atoms with Crippen molar-refractivity contribution in [3.63, 3.8) is 0 Å². The maximum atomic E-state index is 8.56. The van der Waals surface area contributed by atoms with Gasteiger partial charge in [0.15, 0.2) is 0 Å². The molecule has 0 spiro atoms. The van der Waals surface area contributed by atoms with Gasteiger partial charge in [0, 0.05) is 17.1 Å². The quantitative estimate of drug-likeness (QED) is 0.442. The first-order chi connectivity index (χ1) is 1.73. The van der Waals surface area contributed by atoms with Gasteiger partial charge in [-0.05, 0) is 0 Å². The summed E-state index contributed by atoms with van der Waals surface area (Å²) >= 11 is 0. The number of hydrogen-bond acceptors (Lipinski definition) is 1. The Balaban J connectivity index is -0.0000000150. The van der Waals surface area contributed by atoms with Crippen LogP contribution in [0, 0.1) is 0 Å². The van der Waals surface area contributed by atoms with Crippen molar-refractivity contribution >= 4 is 35.7 Å². The van der Waals surface area contributed by atoms with Crippen molar-refractivity contribution in [3.8, 4) is 0 Å². The summed E-state index contributed by atoms with van der Waals surface area (Å²) in [6.07, 6.45) is -1.83. The Morgan fingerprint density at radius 2 is 1.29 bits per heavy atom. The van der Waals surface area contributed by atoms with Gasteiger partial charge in [-0.2, -0.15) is 0 Å². The van der Waals surface area contributed by atoms with Gasteiger partial charge in [0.25, 0.3) is 0 Å². The van der Waals surface area contributed by atoms with Crippen LogP contribution in [0.25, 0.3) is 0 Å². The molecule has 4 N–H and O–H groups in total. The van der Waals surface area contributed by atoms with Gasteiger partial charge in [-0.1, -0.05) is 0 Å². The van der Waals surface area contributed by atoms with Gasteiger partial charge >= 0.3 is 35.7 Å². The van der Waals surface area contributed by atoms with E-state index in [-0.39, 0.29) is 52.1 Å². The standard InChI is InChI=1S/CH2O3.Cu.Na.H2O.H/c2-1(3)4;;;;/h(H2,2,3,4);;;1H2;. The van der Waals surface area contributed by atoms with Crippen LogP contribution in [0.4, 0.5) is 4.79 Å². The molecule has 0 atom stereocenters. The van der Waals surface area contributed by atoms with E-state index in [4.69, 9.17) is 15.0 Å². The van der Waals surface area contributed by atoms with E-state index in [0.29, 0.717) is 0 Å². The molecule has 4 nitrogen and oxygen atoms in total. The second kappa shape index (κ2) is 15.9. The van der Waals surface area contributed by atoms with E-state index in [1.165, 1.54) is 0 Å². The van der Waals surface area contributed by atoms with Crippen LogP contribution in [0.5, 0.6) is 0 Å². The Kier molecular flexibility index (Phi) is 56.9. The Morgan fingerprint density at radius 1 is 1.29 bits per heavy atom. The molecule has 0 saturated heterocycles. The summed E-state index contributed by atoms with van der Waals surface area (Å²) in [6, 6.07) is 0. The van der Waals surface area contributed by atoms with Gasteiger partial charge in [0.1, 0.15) is 0 Å². The third-order valence-corrected chi connectivity index (χ3v) is 0. The van der Waals surface area contributed by atoms with Crippen molar-refractivity contribution in [2.24, 2.45) is 0 Å². The summed E-state index contributed by atoms with van der Waals surface area (Å²) in [5.74, 6) is 0. The number of carboxylic acid groups (broad SMARTS) is 2. The maximum absolute atomic E-state index is 8.56. The van der Waals surface area contributed by atoms with Gasteiger partial charge in [-0.25, -0.2) is 4.79 Å². The Bertz CT molecular complexity index is 34.7. The third-order valence-electron chi connectivity index (χ3n) is 0. The van der Waals surface area contributed by atoms with Crippen LogP contribution in [-0.4, -0.2) is 51.4 Å². The molecule has 0 heterocycles. The van der Waals surface area contributed by atoms with Crippen molar-refractivity contribution in [2.45, 2.75) is 0 Å². The van der Waals surface area contributed by atoms with Gasteiger partial charge < -0.3 is 15.7 Å². The molecule has 0 aromatic heterocycles. The minimum absolute atomic E-state index is 0.